The van der Waals surface area contributed by atoms with E-state index in [1.54, 1.807) is 6.20 Å². The summed E-state index contributed by atoms with van der Waals surface area (Å²) < 4.78 is 0. The Bertz CT molecular complexity index is 719. The van der Waals surface area contributed by atoms with Crippen molar-refractivity contribution >= 4 is 5.78 Å². The molecule has 4 nitrogen and oxygen atoms in total. The molecule has 0 amide bonds. The minimum atomic E-state index is -0.581. The van der Waals surface area contributed by atoms with E-state index in [9.17, 15) is 4.79 Å². The number of carbonyl (C=O) groups is 1. The molecule has 108 valence electrons. The lowest BCUT2D eigenvalue weighted by Crippen LogP contribution is -2.38. The molecule has 0 aromatic carbocycles. The van der Waals surface area contributed by atoms with Crippen molar-refractivity contribution in [1.29, 1.82) is 0 Å². The molecular weight excluding hydrogens is 262 g/mol. The first kappa shape index (κ1) is 13.9. The number of pyridine rings is 1. The van der Waals surface area contributed by atoms with Crippen molar-refractivity contribution in [1.82, 2.24) is 15.0 Å². The van der Waals surface area contributed by atoms with Crippen LogP contribution in [0, 0.1) is 20.8 Å². The minimum absolute atomic E-state index is 0.119. The standard InChI is InChI=1S/C17H19N3O/c1-10-7-13-5-6-17(4,16(21)14(13)9-18-10)15-8-11(2)19-12(3)20-15/h7-9H,5-6H2,1-4H3. The molecule has 0 fully saturated rings. The lowest BCUT2D eigenvalue weighted by Gasteiger charge is -2.33. The second kappa shape index (κ2) is 4.72. The second-order valence-corrected chi connectivity index (χ2v) is 6.09. The summed E-state index contributed by atoms with van der Waals surface area (Å²) in [5.41, 5.74) is 3.94. The molecule has 1 atom stereocenters. The fraction of sp³-hybridized carbons (Fsp3) is 0.412. The summed E-state index contributed by atoms with van der Waals surface area (Å²) in [5.74, 6) is 0.834. The first-order valence-corrected chi connectivity index (χ1v) is 7.23. The van der Waals surface area contributed by atoms with Crippen LogP contribution in [-0.2, 0) is 11.8 Å². The minimum Gasteiger partial charge on any atom is -0.293 e. The van der Waals surface area contributed by atoms with Gasteiger partial charge in [-0.05, 0) is 58.2 Å². The van der Waals surface area contributed by atoms with Crippen LogP contribution in [0.4, 0.5) is 0 Å². The summed E-state index contributed by atoms with van der Waals surface area (Å²) in [5, 5.41) is 0. The number of Topliss-reactive ketones (excluding diaryl/α,β-unsaturated/α-hetero) is 1. The molecule has 1 unspecified atom stereocenters. The number of aromatic nitrogens is 3. The number of rotatable bonds is 1. The van der Waals surface area contributed by atoms with Gasteiger partial charge in [0.2, 0.25) is 0 Å². The van der Waals surface area contributed by atoms with Crippen LogP contribution < -0.4 is 0 Å². The Morgan fingerprint density at radius 3 is 2.57 bits per heavy atom. The van der Waals surface area contributed by atoms with E-state index >= 15 is 0 Å². The first-order chi connectivity index (χ1) is 9.90. The van der Waals surface area contributed by atoms with Crippen LogP contribution in [0.1, 0.15) is 52.2 Å². The van der Waals surface area contributed by atoms with E-state index in [-0.39, 0.29) is 5.78 Å². The summed E-state index contributed by atoms with van der Waals surface area (Å²) in [4.78, 5) is 26.1. The van der Waals surface area contributed by atoms with E-state index in [1.807, 2.05) is 39.8 Å². The van der Waals surface area contributed by atoms with E-state index < -0.39 is 5.41 Å². The highest BCUT2D eigenvalue weighted by Crippen LogP contribution is 2.37. The summed E-state index contributed by atoms with van der Waals surface area (Å²) in [7, 11) is 0. The zero-order chi connectivity index (χ0) is 15.2. The first-order valence-electron chi connectivity index (χ1n) is 7.23. The van der Waals surface area contributed by atoms with E-state index in [1.165, 1.54) is 0 Å². The number of ketones is 1. The van der Waals surface area contributed by atoms with Crippen molar-refractivity contribution in [2.75, 3.05) is 0 Å². The fourth-order valence-electron chi connectivity index (χ4n) is 3.07. The molecule has 0 saturated carbocycles. The third-order valence-electron chi connectivity index (χ3n) is 4.30. The molecule has 4 heteroatoms. The Morgan fingerprint density at radius 1 is 1.10 bits per heavy atom. The van der Waals surface area contributed by atoms with Crippen molar-refractivity contribution in [2.24, 2.45) is 0 Å². The molecule has 0 spiro atoms. The molecule has 2 aromatic heterocycles. The smallest absolute Gasteiger partial charge is 0.176 e. The van der Waals surface area contributed by atoms with Gasteiger partial charge >= 0.3 is 0 Å². The molecule has 2 aromatic rings. The van der Waals surface area contributed by atoms with Crippen LogP contribution in [0.2, 0.25) is 0 Å². The van der Waals surface area contributed by atoms with Gasteiger partial charge in [-0.2, -0.15) is 0 Å². The molecule has 0 radical (unpaired) electrons. The summed E-state index contributed by atoms with van der Waals surface area (Å²) >= 11 is 0. The van der Waals surface area contributed by atoms with Crippen LogP contribution in [-0.4, -0.2) is 20.7 Å². The molecule has 3 rings (SSSR count). The predicted octanol–water partition coefficient (Wildman–Crippen LogP) is 2.88. The number of carbonyl (C=O) groups excluding carboxylic acids is 1. The van der Waals surface area contributed by atoms with Gasteiger partial charge in [-0.25, -0.2) is 9.97 Å². The van der Waals surface area contributed by atoms with E-state index in [0.29, 0.717) is 5.82 Å². The average Bonchev–Trinajstić information content (AvgIpc) is 2.42. The SMILES string of the molecule is Cc1cc2c(cn1)C(=O)C(C)(c1cc(C)nc(C)n1)CC2. The van der Waals surface area contributed by atoms with Gasteiger partial charge in [-0.1, -0.05) is 0 Å². The zero-order valence-corrected chi connectivity index (χ0v) is 12.9. The van der Waals surface area contributed by atoms with Gasteiger partial charge in [-0.15, -0.1) is 0 Å². The molecule has 0 aliphatic heterocycles. The molecule has 0 N–H and O–H groups in total. The third-order valence-corrected chi connectivity index (χ3v) is 4.30. The van der Waals surface area contributed by atoms with Crippen LogP contribution in [0.15, 0.2) is 18.3 Å². The Hall–Kier alpha value is -2.10. The maximum atomic E-state index is 13.0. The lowest BCUT2D eigenvalue weighted by molar-refractivity contribution is 0.0871. The van der Waals surface area contributed by atoms with Gasteiger partial charge in [0.1, 0.15) is 5.82 Å². The largest absolute Gasteiger partial charge is 0.293 e. The Balaban J connectivity index is 2.11. The fourth-order valence-corrected chi connectivity index (χ4v) is 3.07. The average molecular weight is 281 g/mol. The summed E-state index contributed by atoms with van der Waals surface area (Å²) in [6.07, 6.45) is 3.37. The van der Waals surface area contributed by atoms with Crippen LogP contribution in [0.5, 0.6) is 0 Å². The quantitative estimate of drug-likeness (QED) is 0.806. The number of nitrogens with zero attached hydrogens (tertiary/aromatic N) is 3. The lowest BCUT2D eigenvalue weighted by atomic mass is 9.70. The summed E-state index contributed by atoms with van der Waals surface area (Å²) in [6, 6.07) is 3.95. The Labute approximate surface area is 124 Å². The normalized spacial score (nSPS) is 21.2. The highest BCUT2D eigenvalue weighted by atomic mass is 16.1. The topological polar surface area (TPSA) is 55.7 Å². The van der Waals surface area contributed by atoms with Gasteiger partial charge in [0.15, 0.2) is 5.78 Å². The Morgan fingerprint density at radius 2 is 1.86 bits per heavy atom. The highest BCUT2D eigenvalue weighted by Gasteiger charge is 2.41. The van der Waals surface area contributed by atoms with Crippen LogP contribution >= 0.6 is 0 Å². The number of hydrogen-bond donors (Lipinski definition) is 0. The Kier molecular flexibility index (Phi) is 3.12. The number of fused-ring (bicyclic) bond motifs is 1. The van der Waals surface area contributed by atoms with Gasteiger partial charge in [0.25, 0.3) is 0 Å². The molecule has 0 saturated heterocycles. The number of aryl methyl sites for hydroxylation is 4. The van der Waals surface area contributed by atoms with E-state index in [4.69, 9.17) is 0 Å². The molecule has 1 aliphatic carbocycles. The van der Waals surface area contributed by atoms with Crippen molar-refractivity contribution in [3.05, 3.63) is 52.4 Å². The number of hydrogen-bond acceptors (Lipinski definition) is 4. The monoisotopic (exact) mass is 281 g/mol. The van der Waals surface area contributed by atoms with Crippen molar-refractivity contribution in [3.63, 3.8) is 0 Å². The second-order valence-electron chi connectivity index (χ2n) is 6.09. The van der Waals surface area contributed by atoms with Gasteiger partial charge in [-0.3, -0.25) is 9.78 Å². The van der Waals surface area contributed by atoms with E-state index in [2.05, 4.69) is 15.0 Å². The highest BCUT2D eigenvalue weighted by molar-refractivity contribution is 6.05. The molecule has 21 heavy (non-hydrogen) atoms. The van der Waals surface area contributed by atoms with Gasteiger partial charge < -0.3 is 0 Å². The molecule has 1 aliphatic rings. The zero-order valence-electron chi connectivity index (χ0n) is 12.9. The van der Waals surface area contributed by atoms with Crippen molar-refractivity contribution in [3.8, 4) is 0 Å². The van der Waals surface area contributed by atoms with Crippen molar-refractivity contribution < 1.29 is 4.79 Å². The van der Waals surface area contributed by atoms with Crippen LogP contribution in [0.25, 0.3) is 0 Å². The maximum Gasteiger partial charge on any atom is 0.176 e. The van der Waals surface area contributed by atoms with Crippen molar-refractivity contribution in [2.45, 2.75) is 46.0 Å². The predicted molar refractivity (Wildman–Crippen MR) is 80.5 cm³/mol. The molecular formula is C17H19N3O. The molecule has 2 heterocycles. The van der Waals surface area contributed by atoms with E-state index in [0.717, 1.165) is 41.1 Å². The molecule has 0 bridgehead atoms. The van der Waals surface area contributed by atoms with Gasteiger partial charge in [0.05, 0.1) is 11.1 Å². The third kappa shape index (κ3) is 2.24. The maximum absolute atomic E-state index is 13.0. The van der Waals surface area contributed by atoms with Gasteiger partial charge in [0, 0.05) is 23.1 Å². The van der Waals surface area contributed by atoms with Crippen LogP contribution in [0.3, 0.4) is 0 Å². The summed E-state index contributed by atoms with van der Waals surface area (Å²) in [6.45, 7) is 7.74.